The standard InChI is InChI=1S/C11H9N3O/c12-6-2-5-11(15)14-10-4-1-3-9(7-10)8-13/h1,3-4,7H,2,5H2,(H,14,15). The summed E-state index contributed by atoms with van der Waals surface area (Å²) in [6, 6.07) is 10.5. The molecule has 1 amide bonds. The quantitative estimate of drug-likeness (QED) is 0.806. The zero-order valence-electron chi connectivity index (χ0n) is 8.03. The van der Waals surface area contributed by atoms with Crippen molar-refractivity contribution in [1.82, 2.24) is 0 Å². The third-order valence-corrected chi connectivity index (χ3v) is 1.74. The number of carbonyl (C=O) groups is 1. The average Bonchev–Trinajstić information content (AvgIpc) is 2.26. The molecule has 0 fully saturated rings. The summed E-state index contributed by atoms with van der Waals surface area (Å²) in [5, 5.41) is 19.5. The summed E-state index contributed by atoms with van der Waals surface area (Å²) in [6.07, 6.45) is 0.372. The molecule has 0 heterocycles. The highest BCUT2D eigenvalue weighted by Gasteiger charge is 2.01. The second-order valence-corrected chi connectivity index (χ2v) is 2.90. The van der Waals surface area contributed by atoms with Gasteiger partial charge in [-0.3, -0.25) is 4.79 Å². The number of benzene rings is 1. The first-order valence-electron chi connectivity index (χ1n) is 4.43. The zero-order valence-corrected chi connectivity index (χ0v) is 8.03. The summed E-state index contributed by atoms with van der Waals surface area (Å²) >= 11 is 0. The van der Waals surface area contributed by atoms with Crippen molar-refractivity contribution in [3.63, 3.8) is 0 Å². The number of amides is 1. The highest BCUT2D eigenvalue weighted by molar-refractivity contribution is 5.90. The van der Waals surface area contributed by atoms with Gasteiger partial charge in [-0.2, -0.15) is 10.5 Å². The first kappa shape index (κ1) is 10.7. The Labute approximate surface area is 87.8 Å². The summed E-state index contributed by atoms with van der Waals surface area (Å²) in [5.41, 5.74) is 1.07. The van der Waals surface area contributed by atoms with E-state index in [2.05, 4.69) is 5.32 Å². The van der Waals surface area contributed by atoms with Crippen LogP contribution < -0.4 is 5.32 Å². The van der Waals surface area contributed by atoms with Gasteiger partial charge in [-0.25, -0.2) is 0 Å². The van der Waals surface area contributed by atoms with Crippen LogP contribution >= 0.6 is 0 Å². The molecule has 0 spiro atoms. The molecular formula is C11H9N3O. The van der Waals surface area contributed by atoms with Gasteiger partial charge in [-0.05, 0) is 18.2 Å². The van der Waals surface area contributed by atoms with E-state index >= 15 is 0 Å². The Bertz CT molecular complexity index is 440. The number of anilines is 1. The summed E-state index contributed by atoms with van der Waals surface area (Å²) < 4.78 is 0. The van der Waals surface area contributed by atoms with Crippen molar-refractivity contribution in [2.45, 2.75) is 12.8 Å². The molecule has 0 aliphatic heterocycles. The van der Waals surface area contributed by atoms with E-state index in [1.165, 1.54) is 0 Å². The van der Waals surface area contributed by atoms with Gasteiger partial charge in [0, 0.05) is 18.5 Å². The Hall–Kier alpha value is -2.33. The van der Waals surface area contributed by atoms with Gasteiger partial charge in [0.2, 0.25) is 5.91 Å². The van der Waals surface area contributed by atoms with Gasteiger partial charge < -0.3 is 5.32 Å². The summed E-state index contributed by atoms with van der Waals surface area (Å²) in [4.78, 5) is 11.2. The molecule has 0 saturated carbocycles. The van der Waals surface area contributed by atoms with Crippen molar-refractivity contribution in [2.75, 3.05) is 5.32 Å². The summed E-state index contributed by atoms with van der Waals surface area (Å²) in [6.45, 7) is 0. The molecular weight excluding hydrogens is 190 g/mol. The van der Waals surface area contributed by atoms with E-state index < -0.39 is 0 Å². The fourth-order valence-corrected chi connectivity index (χ4v) is 1.06. The molecule has 0 aromatic heterocycles. The number of hydrogen-bond acceptors (Lipinski definition) is 3. The van der Waals surface area contributed by atoms with Crippen molar-refractivity contribution in [1.29, 1.82) is 10.5 Å². The smallest absolute Gasteiger partial charge is 0.225 e. The molecule has 0 atom stereocenters. The highest BCUT2D eigenvalue weighted by Crippen LogP contribution is 2.10. The lowest BCUT2D eigenvalue weighted by Crippen LogP contribution is -2.10. The SMILES string of the molecule is N#CCCC(=O)Nc1cccc(C#N)c1. The molecule has 1 N–H and O–H groups in total. The second kappa shape index (κ2) is 5.41. The molecule has 1 aromatic rings. The van der Waals surface area contributed by atoms with Crippen molar-refractivity contribution >= 4 is 11.6 Å². The van der Waals surface area contributed by atoms with Crippen LogP contribution in [0.5, 0.6) is 0 Å². The first-order valence-corrected chi connectivity index (χ1v) is 4.43. The normalized spacial score (nSPS) is 8.67. The number of rotatable bonds is 3. The third-order valence-electron chi connectivity index (χ3n) is 1.74. The number of carbonyl (C=O) groups excluding carboxylic acids is 1. The molecule has 1 rings (SSSR count). The maximum atomic E-state index is 11.2. The van der Waals surface area contributed by atoms with Gasteiger partial charge in [0.1, 0.15) is 0 Å². The molecule has 4 nitrogen and oxygen atoms in total. The predicted molar refractivity (Wildman–Crippen MR) is 54.6 cm³/mol. The zero-order chi connectivity index (χ0) is 11.1. The van der Waals surface area contributed by atoms with Crippen LogP contribution in [0.15, 0.2) is 24.3 Å². The minimum absolute atomic E-state index is 0.174. The van der Waals surface area contributed by atoms with Crippen LogP contribution in [0.25, 0.3) is 0 Å². The molecule has 0 unspecified atom stereocenters. The number of hydrogen-bond donors (Lipinski definition) is 1. The van der Waals surface area contributed by atoms with Gasteiger partial charge in [-0.1, -0.05) is 6.07 Å². The van der Waals surface area contributed by atoms with Crippen molar-refractivity contribution in [3.8, 4) is 12.1 Å². The Morgan fingerprint density at radius 1 is 1.40 bits per heavy atom. The van der Waals surface area contributed by atoms with E-state index in [1.54, 1.807) is 24.3 Å². The molecule has 4 heteroatoms. The van der Waals surface area contributed by atoms with Crippen LogP contribution in [-0.4, -0.2) is 5.91 Å². The minimum Gasteiger partial charge on any atom is -0.326 e. The van der Waals surface area contributed by atoms with Gasteiger partial charge in [0.25, 0.3) is 0 Å². The number of nitriles is 2. The molecule has 15 heavy (non-hydrogen) atoms. The van der Waals surface area contributed by atoms with E-state index in [1.807, 2.05) is 12.1 Å². The Balaban J connectivity index is 2.62. The Morgan fingerprint density at radius 3 is 2.87 bits per heavy atom. The molecule has 0 saturated heterocycles. The fourth-order valence-electron chi connectivity index (χ4n) is 1.06. The molecule has 0 aliphatic carbocycles. The monoisotopic (exact) mass is 199 g/mol. The lowest BCUT2D eigenvalue weighted by atomic mass is 10.2. The van der Waals surface area contributed by atoms with E-state index in [9.17, 15) is 4.79 Å². The van der Waals surface area contributed by atoms with Crippen LogP contribution in [0.4, 0.5) is 5.69 Å². The van der Waals surface area contributed by atoms with Crippen LogP contribution in [-0.2, 0) is 4.79 Å². The Kier molecular flexibility index (Phi) is 3.88. The molecule has 74 valence electrons. The predicted octanol–water partition coefficient (Wildman–Crippen LogP) is 1.80. The maximum Gasteiger partial charge on any atom is 0.225 e. The molecule has 0 aliphatic rings. The van der Waals surface area contributed by atoms with Crippen molar-refractivity contribution in [3.05, 3.63) is 29.8 Å². The first-order chi connectivity index (χ1) is 7.26. The summed E-state index contributed by atoms with van der Waals surface area (Å²) in [5.74, 6) is -0.216. The van der Waals surface area contributed by atoms with Gasteiger partial charge in [0.15, 0.2) is 0 Å². The fraction of sp³-hybridized carbons (Fsp3) is 0.182. The lowest BCUT2D eigenvalue weighted by molar-refractivity contribution is -0.116. The van der Waals surface area contributed by atoms with E-state index in [4.69, 9.17) is 10.5 Å². The van der Waals surface area contributed by atoms with Gasteiger partial charge in [-0.15, -0.1) is 0 Å². The molecule has 0 bridgehead atoms. The molecule has 0 radical (unpaired) electrons. The Morgan fingerprint density at radius 2 is 2.20 bits per heavy atom. The second-order valence-electron chi connectivity index (χ2n) is 2.90. The van der Waals surface area contributed by atoms with Crippen LogP contribution in [0.1, 0.15) is 18.4 Å². The van der Waals surface area contributed by atoms with E-state index in [0.717, 1.165) is 0 Å². The van der Waals surface area contributed by atoms with Crippen molar-refractivity contribution < 1.29 is 4.79 Å². The average molecular weight is 199 g/mol. The highest BCUT2D eigenvalue weighted by atomic mass is 16.1. The van der Waals surface area contributed by atoms with Gasteiger partial charge >= 0.3 is 0 Å². The van der Waals surface area contributed by atoms with Crippen LogP contribution in [0.2, 0.25) is 0 Å². The number of nitrogens with zero attached hydrogens (tertiary/aromatic N) is 2. The number of nitrogens with one attached hydrogen (secondary N) is 1. The summed E-state index contributed by atoms with van der Waals surface area (Å²) in [7, 11) is 0. The van der Waals surface area contributed by atoms with Crippen LogP contribution in [0.3, 0.4) is 0 Å². The molecule has 1 aromatic carbocycles. The van der Waals surface area contributed by atoms with Crippen molar-refractivity contribution in [2.24, 2.45) is 0 Å². The maximum absolute atomic E-state index is 11.2. The third kappa shape index (κ3) is 3.50. The van der Waals surface area contributed by atoms with Gasteiger partial charge in [0.05, 0.1) is 17.7 Å². The van der Waals surface area contributed by atoms with Crippen LogP contribution in [0, 0.1) is 22.7 Å². The van der Waals surface area contributed by atoms with E-state index in [-0.39, 0.29) is 18.7 Å². The van der Waals surface area contributed by atoms with E-state index in [0.29, 0.717) is 11.3 Å². The largest absolute Gasteiger partial charge is 0.326 e. The lowest BCUT2D eigenvalue weighted by Gasteiger charge is -2.03. The minimum atomic E-state index is -0.216. The topological polar surface area (TPSA) is 76.7 Å².